The fourth-order valence-electron chi connectivity index (χ4n) is 3.11. The molecule has 136 valence electrons. The Bertz CT molecular complexity index is 694. The van der Waals surface area contributed by atoms with Crippen LogP contribution in [0.15, 0.2) is 30.5 Å². The second kappa shape index (κ2) is 8.97. The molecule has 2 aromatic rings. The Hall–Kier alpha value is -1.92. The van der Waals surface area contributed by atoms with Crippen molar-refractivity contribution >= 4 is 18.3 Å². The minimum Gasteiger partial charge on any atom is -0.337 e. The maximum atomic E-state index is 12.6. The monoisotopic (exact) mass is 363 g/mol. The zero-order chi connectivity index (χ0) is 16.9. The van der Waals surface area contributed by atoms with Crippen molar-refractivity contribution in [3.05, 3.63) is 41.7 Å². The number of halogens is 1. The van der Waals surface area contributed by atoms with Gasteiger partial charge in [0.1, 0.15) is 0 Å². The highest BCUT2D eigenvalue weighted by Crippen LogP contribution is 2.18. The van der Waals surface area contributed by atoms with Gasteiger partial charge in [-0.1, -0.05) is 24.3 Å². The van der Waals surface area contributed by atoms with Crippen LogP contribution in [0.2, 0.25) is 0 Å². The molecule has 0 radical (unpaired) electrons. The van der Waals surface area contributed by atoms with Crippen LogP contribution in [-0.2, 0) is 0 Å². The minimum absolute atomic E-state index is 0. The van der Waals surface area contributed by atoms with Gasteiger partial charge < -0.3 is 10.2 Å². The summed E-state index contributed by atoms with van der Waals surface area (Å²) in [6.45, 7) is 7.79. The Morgan fingerprint density at radius 3 is 2.76 bits per heavy atom. The van der Waals surface area contributed by atoms with Gasteiger partial charge >= 0.3 is 0 Å². The number of carbonyl (C=O) groups is 1. The lowest BCUT2D eigenvalue weighted by Gasteiger charge is -2.31. The van der Waals surface area contributed by atoms with Crippen molar-refractivity contribution in [2.75, 3.05) is 26.2 Å². The van der Waals surface area contributed by atoms with E-state index in [1.165, 1.54) is 0 Å². The van der Waals surface area contributed by atoms with Crippen LogP contribution in [-0.4, -0.2) is 52.0 Å². The number of piperidine rings is 1. The van der Waals surface area contributed by atoms with Crippen molar-refractivity contribution in [3.8, 4) is 5.69 Å². The number of rotatable bonds is 5. The highest BCUT2D eigenvalue weighted by Gasteiger charge is 2.25. The van der Waals surface area contributed by atoms with Crippen LogP contribution in [0.5, 0.6) is 0 Å². The molecule has 0 saturated carbocycles. The summed E-state index contributed by atoms with van der Waals surface area (Å²) in [6.07, 6.45) is 3.82. The lowest BCUT2D eigenvalue weighted by atomic mass is 9.96. The van der Waals surface area contributed by atoms with Crippen LogP contribution >= 0.6 is 12.4 Å². The summed E-state index contributed by atoms with van der Waals surface area (Å²) in [5, 5.41) is 11.6. The molecule has 0 atom stereocenters. The summed E-state index contributed by atoms with van der Waals surface area (Å²) >= 11 is 0. The Labute approximate surface area is 155 Å². The lowest BCUT2D eigenvalue weighted by Crippen LogP contribution is -2.40. The fourth-order valence-corrected chi connectivity index (χ4v) is 3.11. The van der Waals surface area contributed by atoms with E-state index in [1.807, 2.05) is 36.1 Å². The number of nitrogens with one attached hydrogen (secondary N) is 1. The molecule has 1 aromatic carbocycles. The van der Waals surface area contributed by atoms with E-state index in [4.69, 9.17) is 0 Å². The molecule has 1 aliphatic heterocycles. The number of likely N-dealkylation sites (tertiary alicyclic amines) is 1. The van der Waals surface area contributed by atoms with Crippen LogP contribution in [0.25, 0.3) is 5.69 Å². The van der Waals surface area contributed by atoms with Gasteiger partial charge in [-0.15, -0.1) is 17.5 Å². The first-order chi connectivity index (χ1) is 11.7. The molecule has 0 unspecified atom stereocenters. The van der Waals surface area contributed by atoms with Gasteiger partial charge in [0.15, 0.2) is 5.69 Å². The topological polar surface area (TPSA) is 63.1 Å². The standard InChI is InChI=1S/C18H25N5O.ClH/c1-3-19-12-15-7-9-22(10-8-15)18(24)17-13-23(21-20-17)16-6-4-5-14(2)11-16;/h4-6,11,13,15,19H,3,7-10,12H2,1-2H3;1H. The van der Waals surface area contributed by atoms with Gasteiger partial charge in [-0.05, 0) is 56.5 Å². The molecule has 2 heterocycles. The first-order valence-corrected chi connectivity index (χ1v) is 8.66. The first-order valence-electron chi connectivity index (χ1n) is 8.66. The zero-order valence-corrected chi connectivity index (χ0v) is 15.6. The second-order valence-electron chi connectivity index (χ2n) is 6.43. The molecule has 1 aromatic heterocycles. The molecule has 0 bridgehead atoms. The normalized spacial score (nSPS) is 15.0. The van der Waals surface area contributed by atoms with E-state index >= 15 is 0 Å². The van der Waals surface area contributed by atoms with E-state index in [-0.39, 0.29) is 18.3 Å². The number of amides is 1. The van der Waals surface area contributed by atoms with Gasteiger partial charge in [-0.25, -0.2) is 4.68 Å². The van der Waals surface area contributed by atoms with Gasteiger partial charge in [0, 0.05) is 13.1 Å². The molecule has 7 heteroatoms. The van der Waals surface area contributed by atoms with Crippen molar-refractivity contribution in [1.29, 1.82) is 0 Å². The Balaban J connectivity index is 0.00000225. The van der Waals surface area contributed by atoms with Gasteiger partial charge in [0.2, 0.25) is 0 Å². The van der Waals surface area contributed by atoms with E-state index in [9.17, 15) is 4.79 Å². The average Bonchev–Trinajstić information content (AvgIpc) is 3.10. The predicted molar refractivity (Wildman–Crippen MR) is 101 cm³/mol. The number of aryl methyl sites for hydroxylation is 1. The van der Waals surface area contributed by atoms with Gasteiger partial charge in [-0.2, -0.15) is 0 Å². The van der Waals surface area contributed by atoms with E-state index in [1.54, 1.807) is 10.9 Å². The van der Waals surface area contributed by atoms with Crippen LogP contribution in [0.1, 0.15) is 35.8 Å². The third-order valence-corrected chi connectivity index (χ3v) is 4.56. The minimum atomic E-state index is -0.0178. The molecule has 1 aliphatic rings. The maximum absolute atomic E-state index is 12.6. The van der Waals surface area contributed by atoms with E-state index in [0.717, 1.165) is 50.3 Å². The summed E-state index contributed by atoms with van der Waals surface area (Å²) in [5.41, 5.74) is 2.49. The summed E-state index contributed by atoms with van der Waals surface area (Å²) in [4.78, 5) is 14.5. The summed E-state index contributed by atoms with van der Waals surface area (Å²) in [6, 6.07) is 7.99. The van der Waals surface area contributed by atoms with E-state index in [0.29, 0.717) is 11.6 Å². The van der Waals surface area contributed by atoms with Crippen molar-refractivity contribution in [2.24, 2.45) is 5.92 Å². The van der Waals surface area contributed by atoms with Crippen LogP contribution in [0, 0.1) is 12.8 Å². The summed E-state index contributed by atoms with van der Waals surface area (Å²) in [7, 11) is 0. The third kappa shape index (κ3) is 4.80. The molecule has 1 amide bonds. The zero-order valence-electron chi connectivity index (χ0n) is 14.8. The van der Waals surface area contributed by atoms with Gasteiger partial charge in [0.05, 0.1) is 11.9 Å². The number of nitrogens with zero attached hydrogens (tertiary/aromatic N) is 4. The van der Waals surface area contributed by atoms with Gasteiger partial charge in [0.25, 0.3) is 5.91 Å². The summed E-state index contributed by atoms with van der Waals surface area (Å²) in [5.74, 6) is 0.646. The van der Waals surface area contributed by atoms with Crippen molar-refractivity contribution in [1.82, 2.24) is 25.2 Å². The third-order valence-electron chi connectivity index (χ3n) is 4.56. The maximum Gasteiger partial charge on any atom is 0.276 e. The Morgan fingerprint density at radius 2 is 2.08 bits per heavy atom. The van der Waals surface area contributed by atoms with Crippen LogP contribution in [0.4, 0.5) is 0 Å². The quantitative estimate of drug-likeness (QED) is 0.886. The van der Waals surface area contributed by atoms with Crippen LogP contribution in [0.3, 0.4) is 0 Å². The lowest BCUT2D eigenvalue weighted by molar-refractivity contribution is 0.0684. The van der Waals surface area contributed by atoms with Crippen molar-refractivity contribution in [2.45, 2.75) is 26.7 Å². The molecular weight excluding hydrogens is 338 g/mol. The molecular formula is C18H26ClN5O. The number of aromatic nitrogens is 3. The number of hydrogen-bond acceptors (Lipinski definition) is 4. The van der Waals surface area contributed by atoms with E-state index in [2.05, 4.69) is 22.6 Å². The SMILES string of the molecule is CCNCC1CCN(C(=O)c2cn(-c3cccc(C)c3)nn2)CC1.Cl. The molecule has 1 fully saturated rings. The molecule has 1 N–H and O–H groups in total. The molecule has 1 saturated heterocycles. The predicted octanol–water partition coefficient (Wildman–Crippen LogP) is 2.46. The molecule has 0 spiro atoms. The average molecular weight is 364 g/mol. The fraction of sp³-hybridized carbons (Fsp3) is 0.500. The van der Waals surface area contributed by atoms with Crippen molar-refractivity contribution in [3.63, 3.8) is 0 Å². The number of hydrogen-bond donors (Lipinski definition) is 1. The van der Waals surface area contributed by atoms with Crippen LogP contribution < -0.4 is 5.32 Å². The number of benzene rings is 1. The highest BCUT2D eigenvalue weighted by molar-refractivity contribution is 5.92. The summed E-state index contributed by atoms with van der Waals surface area (Å²) < 4.78 is 1.66. The van der Waals surface area contributed by atoms with E-state index < -0.39 is 0 Å². The van der Waals surface area contributed by atoms with Gasteiger partial charge in [-0.3, -0.25) is 4.79 Å². The molecule has 6 nitrogen and oxygen atoms in total. The van der Waals surface area contributed by atoms with Crippen molar-refractivity contribution < 1.29 is 4.79 Å². The smallest absolute Gasteiger partial charge is 0.276 e. The molecule has 3 rings (SSSR count). The molecule has 25 heavy (non-hydrogen) atoms. The Morgan fingerprint density at radius 1 is 1.32 bits per heavy atom. The number of carbonyl (C=O) groups excluding carboxylic acids is 1. The first kappa shape index (κ1) is 19.4. The Kier molecular flexibility index (Phi) is 6.96. The largest absolute Gasteiger partial charge is 0.337 e. The second-order valence-corrected chi connectivity index (χ2v) is 6.43. The highest BCUT2D eigenvalue weighted by atomic mass is 35.5. The molecule has 0 aliphatic carbocycles.